The summed E-state index contributed by atoms with van der Waals surface area (Å²) in [6, 6.07) is 0. The number of anilines is 1. The van der Waals surface area contributed by atoms with Gasteiger partial charge in [0.2, 0.25) is 11.8 Å². The number of unbranched alkanes of at least 4 members (excludes halogenated alkanes) is 9. The van der Waals surface area contributed by atoms with Crippen molar-refractivity contribution in [2.45, 2.75) is 161 Å². The number of allylic oxidation sites excluding steroid dienone is 10. The van der Waals surface area contributed by atoms with Crippen LogP contribution in [0.5, 0.6) is 0 Å². The van der Waals surface area contributed by atoms with Crippen molar-refractivity contribution in [2.75, 3.05) is 37.8 Å². The fraction of sp³-hybridized carbons (Fsp3) is 0.633. The molecule has 2 amide bonds. The van der Waals surface area contributed by atoms with Crippen molar-refractivity contribution in [3.63, 3.8) is 0 Å². The van der Waals surface area contributed by atoms with Crippen LogP contribution in [-0.4, -0.2) is 123 Å². The second-order valence-electron chi connectivity index (χ2n) is 18.7. The van der Waals surface area contributed by atoms with E-state index < -0.39 is 84.6 Å². The van der Waals surface area contributed by atoms with Crippen molar-refractivity contribution in [1.82, 2.24) is 30.2 Å². The van der Waals surface area contributed by atoms with E-state index >= 15 is 0 Å². The number of ether oxygens (including phenoxy) is 1. The van der Waals surface area contributed by atoms with Gasteiger partial charge in [-0.2, -0.15) is 4.31 Å². The van der Waals surface area contributed by atoms with Crippen LogP contribution in [0.25, 0.3) is 11.2 Å². The summed E-state index contributed by atoms with van der Waals surface area (Å²) in [5, 5.41) is 26.7. The van der Waals surface area contributed by atoms with Gasteiger partial charge in [0.25, 0.3) is 0 Å². The molecule has 434 valence electrons. The summed E-state index contributed by atoms with van der Waals surface area (Å²) in [7, 11) is -16.4. The van der Waals surface area contributed by atoms with E-state index in [0.29, 0.717) is 12.2 Å². The molecular weight excluding hydrogens is 1080 g/mol. The Bertz CT molecular complexity index is 2420. The first kappa shape index (κ1) is 67.5. The van der Waals surface area contributed by atoms with Crippen LogP contribution in [0.2, 0.25) is 0 Å². The Kier molecular flexibility index (Phi) is 31.4. The third-order valence-corrected chi connectivity index (χ3v) is 15.7. The molecule has 10 N–H and O–H groups in total. The summed E-state index contributed by atoms with van der Waals surface area (Å²) in [5.41, 5.74) is 4.28. The number of nitrogens with one attached hydrogen (secondary N) is 2. The average molecular weight is 1160 g/mol. The third kappa shape index (κ3) is 27.8. The van der Waals surface area contributed by atoms with Gasteiger partial charge in [-0.1, -0.05) is 132 Å². The van der Waals surface area contributed by atoms with Gasteiger partial charge in [-0.15, -0.1) is 0 Å². The molecule has 0 radical (unpaired) electrons. The van der Waals surface area contributed by atoms with Gasteiger partial charge in [0.15, 0.2) is 22.8 Å². The molecule has 0 saturated carbocycles. The number of nitrogen functional groups attached to an aromatic ring is 1. The molecular formula is C49H80N7O17P3S. The monoisotopic (exact) mass is 1160 g/mol. The van der Waals surface area contributed by atoms with E-state index in [4.69, 9.17) is 19.5 Å². The molecule has 7 atom stereocenters. The number of fused-ring (bicyclic) bond motifs is 1. The predicted octanol–water partition coefficient (Wildman–Crippen LogP) is 7.71. The van der Waals surface area contributed by atoms with Gasteiger partial charge in [-0.3, -0.25) is 32.5 Å². The molecule has 2 aromatic heterocycles. The van der Waals surface area contributed by atoms with Gasteiger partial charge in [-0.05, 0) is 57.8 Å². The number of imidazole rings is 1. The lowest BCUT2D eigenvalue weighted by molar-refractivity contribution is -0.137. The number of nitrogens with two attached hydrogens (primary N) is 1. The number of aliphatic hydroxyl groups excluding tert-OH is 2. The standard InChI is InChI=1S/C49H80N7O17P3S/c1-4-5-6-7-8-9-10-11-12-13-14-15-16-17-18-19-20-21-22-23-24-25-26-27-28-29-40(58)77-33-32-51-39(57)30-31-52-47(61)44(60)49(2,3)35-70-76(67,68)73-75(65,66)69-34-38-43(72-74(62,63)64)42(59)48(71-38)56-37-55-41-45(50)53-36-54-46(41)56/h8-9,11-12,14-15,17-18,20-21,36-38,42-44,48,59-60H,4-7,10,13,16,19,22-35H2,1-3H3,(H,51,57)(H,52,61)(H,65,66)(H,67,68)(H2,50,53,54)(H2,62,63,64)/b9-8-,12-11-,15-14-,18-17-,21-20-/t38-,42-,43-,44+,48-/m1/s1. The lowest BCUT2D eigenvalue weighted by Gasteiger charge is -2.30. The number of phosphoric acid groups is 3. The minimum Gasteiger partial charge on any atom is -0.386 e. The number of aromatic nitrogens is 4. The van der Waals surface area contributed by atoms with Gasteiger partial charge in [0, 0.05) is 37.1 Å². The van der Waals surface area contributed by atoms with E-state index in [1.165, 1.54) is 39.5 Å². The van der Waals surface area contributed by atoms with Crippen LogP contribution in [0.15, 0.2) is 73.4 Å². The lowest BCUT2D eigenvalue weighted by Crippen LogP contribution is -2.46. The number of phosphoric ester groups is 3. The number of hydrogen-bond acceptors (Lipinski definition) is 18. The molecule has 77 heavy (non-hydrogen) atoms. The number of aliphatic hydroxyl groups is 2. The van der Waals surface area contributed by atoms with Crippen molar-refractivity contribution >= 4 is 69.1 Å². The second-order valence-corrected chi connectivity index (χ2v) is 24.1. The molecule has 3 rings (SSSR count). The van der Waals surface area contributed by atoms with Gasteiger partial charge in [0.1, 0.15) is 36.3 Å². The lowest BCUT2D eigenvalue weighted by atomic mass is 9.87. The topological polar surface area (TPSA) is 364 Å². The van der Waals surface area contributed by atoms with Gasteiger partial charge >= 0.3 is 23.5 Å². The molecule has 1 fully saturated rings. The molecule has 0 aromatic carbocycles. The van der Waals surface area contributed by atoms with Crippen LogP contribution in [0.1, 0.15) is 136 Å². The molecule has 24 nitrogen and oxygen atoms in total. The zero-order valence-corrected chi connectivity index (χ0v) is 47.7. The highest BCUT2D eigenvalue weighted by Crippen LogP contribution is 2.61. The Morgan fingerprint density at radius 1 is 0.792 bits per heavy atom. The Morgan fingerprint density at radius 2 is 1.36 bits per heavy atom. The van der Waals surface area contributed by atoms with E-state index in [1.54, 1.807) is 0 Å². The third-order valence-electron chi connectivity index (χ3n) is 11.7. The SMILES string of the molecule is CCCCC/C=C\C/C=C\C/C=C\C/C=C\C/C=C\CCCCCCCCC(=O)SCCNC(=O)CCNC(=O)[C@H](O)C(C)(C)COP(=O)(O)OP(=O)(O)OC[C@H]1O[C@@H](n2cnc3c(N)ncnc32)[C@H](O)[C@@H]1OP(=O)(O)O. The van der Waals surface area contributed by atoms with Crippen molar-refractivity contribution in [3.05, 3.63) is 73.4 Å². The first-order valence-electron chi connectivity index (χ1n) is 25.9. The van der Waals surface area contributed by atoms with Crippen molar-refractivity contribution in [3.8, 4) is 0 Å². The average Bonchev–Trinajstić information content (AvgIpc) is 3.96. The zero-order valence-electron chi connectivity index (χ0n) is 44.2. The van der Waals surface area contributed by atoms with E-state index in [9.17, 15) is 57.9 Å². The molecule has 0 aliphatic carbocycles. The van der Waals surface area contributed by atoms with Gasteiger partial charge in [0.05, 0.1) is 19.5 Å². The minimum atomic E-state index is -5.58. The van der Waals surface area contributed by atoms with Gasteiger partial charge in [-0.25, -0.2) is 28.6 Å². The van der Waals surface area contributed by atoms with Crippen LogP contribution in [-0.2, 0) is 50.7 Å². The summed E-state index contributed by atoms with van der Waals surface area (Å²) in [6.07, 6.45) is 32.0. The number of nitrogens with zero attached hydrogens (tertiary/aromatic N) is 4. The van der Waals surface area contributed by atoms with Crippen LogP contribution in [0.3, 0.4) is 0 Å². The number of hydrogen-bond donors (Lipinski definition) is 9. The van der Waals surface area contributed by atoms with Crippen molar-refractivity contribution in [1.29, 1.82) is 0 Å². The molecule has 1 aliphatic heterocycles. The number of rotatable bonds is 40. The van der Waals surface area contributed by atoms with Crippen molar-refractivity contribution < 1.29 is 80.5 Å². The van der Waals surface area contributed by atoms with Crippen LogP contribution < -0.4 is 16.4 Å². The number of thioether (sulfide) groups is 1. The van der Waals surface area contributed by atoms with Crippen LogP contribution >= 0.6 is 35.2 Å². The van der Waals surface area contributed by atoms with Crippen LogP contribution in [0.4, 0.5) is 5.82 Å². The maximum Gasteiger partial charge on any atom is 0.481 e. The fourth-order valence-corrected chi connectivity index (χ4v) is 11.0. The Labute approximate surface area is 455 Å². The molecule has 1 aliphatic rings. The first-order chi connectivity index (χ1) is 36.6. The Balaban J connectivity index is 1.21. The molecule has 1 saturated heterocycles. The predicted molar refractivity (Wildman–Crippen MR) is 292 cm³/mol. The zero-order chi connectivity index (χ0) is 56.7. The highest BCUT2D eigenvalue weighted by atomic mass is 32.2. The van der Waals surface area contributed by atoms with Crippen molar-refractivity contribution in [2.24, 2.45) is 5.41 Å². The van der Waals surface area contributed by atoms with E-state index in [0.717, 1.165) is 99.6 Å². The van der Waals surface area contributed by atoms with E-state index in [1.807, 2.05) is 0 Å². The molecule has 28 heteroatoms. The largest absolute Gasteiger partial charge is 0.481 e. The fourth-order valence-electron chi connectivity index (χ4n) is 7.44. The second kappa shape index (κ2) is 35.8. The Hall–Kier alpha value is -3.74. The number of carbonyl (C=O) groups excluding carboxylic acids is 3. The maximum absolute atomic E-state index is 12.8. The summed E-state index contributed by atoms with van der Waals surface area (Å²) in [5.74, 6) is -1.05. The highest BCUT2D eigenvalue weighted by molar-refractivity contribution is 8.13. The molecule has 0 bridgehead atoms. The summed E-state index contributed by atoms with van der Waals surface area (Å²) in [4.78, 5) is 88.6. The summed E-state index contributed by atoms with van der Waals surface area (Å²) < 4.78 is 62.6. The number of amides is 2. The normalized spacial score (nSPS) is 19.5. The summed E-state index contributed by atoms with van der Waals surface area (Å²) in [6.45, 7) is 2.77. The molecule has 3 heterocycles. The quantitative estimate of drug-likeness (QED) is 0.0175. The molecule has 2 aromatic rings. The van der Waals surface area contributed by atoms with Crippen LogP contribution in [0, 0.1) is 5.41 Å². The van der Waals surface area contributed by atoms with E-state index in [2.05, 4.69) is 102 Å². The highest BCUT2D eigenvalue weighted by Gasteiger charge is 2.50. The first-order valence-corrected chi connectivity index (χ1v) is 31.4. The van der Waals surface area contributed by atoms with Gasteiger partial charge < -0.3 is 50.9 Å². The minimum absolute atomic E-state index is 0.0316. The Morgan fingerprint density at radius 3 is 1.97 bits per heavy atom. The maximum atomic E-state index is 12.8. The number of carbonyl (C=O) groups is 3. The van der Waals surface area contributed by atoms with E-state index in [-0.39, 0.29) is 41.6 Å². The summed E-state index contributed by atoms with van der Waals surface area (Å²) >= 11 is 1.14. The molecule has 0 spiro atoms. The smallest absolute Gasteiger partial charge is 0.386 e. The molecule has 2 unspecified atom stereocenters.